The van der Waals surface area contributed by atoms with Gasteiger partial charge in [-0.2, -0.15) is 0 Å². The maximum atomic E-state index is 5.77. The van der Waals surface area contributed by atoms with Gasteiger partial charge >= 0.3 is 0 Å². The second-order valence-corrected chi connectivity index (χ2v) is 4.54. The molecule has 74 valence electrons. The van der Waals surface area contributed by atoms with Gasteiger partial charge in [0.2, 0.25) is 0 Å². The minimum atomic E-state index is -0.258. The summed E-state index contributed by atoms with van der Waals surface area (Å²) in [6.07, 6.45) is 4.45. The number of ether oxygens (including phenoxy) is 2. The molecule has 0 aromatic rings. The minimum absolute atomic E-state index is 0.111. The summed E-state index contributed by atoms with van der Waals surface area (Å²) in [5.74, 6) is 0. The Kier molecular flexibility index (Phi) is 1.23. The average Bonchev–Trinajstić information content (AvgIpc) is 2.96. The van der Waals surface area contributed by atoms with Crippen molar-refractivity contribution >= 4 is 0 Å². The molecule has 1 aliphatic carbocycles. The molecule has 3 aliphatic rings. The van der Waals surface area contributed by atoms with Gasteiger partial charge in [-0.25, -0.2) is 0 Å². The van der Waals surface area contributed by atoms with Crippen LogP contribution in [0.3, 0.4) is 0 Å². The van der Waals surface area contributed by atoms with Gasteiger partial charge in [0.25, 0.3) is 0 Å². The van der Waals surface area contributed by atoms with Crippen LogP contribution in [-0.4, -0.2) is 23.4 Å². The molecule has 2 saturated heterocycles. The zero-order valence-corrected chi connectivity index (χ0v) is 8.54. The first-order valence-electron chi connectivity index (χ1n) is 4.91. The van der Waals surface area contributed by atoms with E-state index in [1.54, 1.807) is 0 Å². The Morgan fingerprint density at radius 3 is 2.50 bits per heavy atom. The number of hydrogen-bond acceptors (Lipinski definition) is 2. The van der Waals surface area contributed by atoms with Crippen molar-refractivity contribution in [3.8, 4) is 0 Å². The van der Waals surface area contributed by atoms with Crippen LogP contribution in [0.4, 0.5) is 0 Å². The van der Waals surface area contributed by atoms with E-state index in [4.69, 9.17) is 9.47 Å². The Hall–Kier alpha value is -0.860. The molecule has 0 saturated carbocycles. The Morgan fingerprint density at radius 2 is 1.93 bits per heavy atom. The topological polar surface area (TPSA) is 25.1 Å². The molecule has 2 nitrogen and oxygen atoms in total. The maximum absolute atomic E-state index is 5.77. The molecular formula is C12H14O2. The lowest BCUT2D eigenvalue weighted by Gasteiger charge is -2.16. The third-order valence-electron chi connectivity index (χ3n) is 3.57. The van der Waals surface area contributed by atoms with Crippen LogP contribution in [0, 0.1) is 0 Å². The lowest BCUT2D eigenvalue weighted by atomic mass is 9.80. The summed E-state index contributed by atoms with van der Waals surface area (Å²) in [5, 5.41) is 0. The molecule has 0 amide bonds. The third kappa shape index (κ3) is 0.677. The first-order valence-corrected chi connectivity index (χ1v) is 4.91. The quantitative estimate of drug-likeness (QED) is 0.491. The van der Waals surface area contributed by atoms with Crippen LogP contribution in [-0.2, 0) is 9.47 Å². The van der Waals surface area contributed by atoms with E-state index in [1.165, 1.54) is 0 Å². The maximum Gasteiger partial charge on any atom is 0.149 e. The van der Waals surface area contributed by atoms with E-state index >= 15 is 0 Å². The molecule has 2 fully saturated rings. The molecule has 0 aromatic carbocycles. The normalized spacial score (nSPS) is 51.9. The predicted octanol–water partition coefficient (Wildman–Crippen LogP) is 1.98. The molecule has 2 heteroatoms. The zero-order valence-electron chi connectivity index (χ0n) is 8.54. The van der Waals surface area contributed by atoms with Crippen molar-refractivity contribution in [2.45, 2.75) is 37.3 Å². The van der Waals surface area contributed by atoms with Crippen LogP contribution in [0.5, 0.6) is 0 Å². The monoisotopic (exact) mass is 190 g/mol. The first-order chi connectivity index (χ1) is 6.54. The molecule has 0 aromatic heterocycles. The van der Waals surface area contributed by atoms with E-state index in [0.717, 1.165) is 11.1 Å². The zero-order chi connectivity index (χ0) is 10.1. The lowest BCUT2D eigenvalue weighted by molar-refractivity contribution is 0.256. The third-order valence-corrected chi connectivity index (χ3v) is 3.57. The van der Waals surface area contributed by atoms with Crippen LogP contribution >= 0.6 is 0 Å². The highest BCUT2D eigenvalue weighted by Crippen LogP contribution is 2.63. The van der Waals surface area contributed by atoms with Gasteiger partial charge in [-0.15, -0.1) is 0 Å². The predicted molar refractivity (Wildman–Crippen MR) is 54.0 cm³/mol. The van der Waals surface area contributed by atoms with E-state index in [2.05, 4.69) is 25.3 Å². The minimum Gasteiger partial charge on any atom is -0.354 e. The van der Waals surface area contributed by atoms with Crippen molar-refractivity contribution < 1.29 is 9.47 Å². The highest BCUT2D eigenvalue weighted by molar-refractivity contribution is 5.49. The molecule has 14 heavy (non-hydrogen) atoms. The van der Waals surface area contributed by atoms with E-state index < -0.39 is 0 Å². The van der Waals surface area contributed by atoms with Crippen LogP contribution in [0.1, 0.15) is 13.8 Å². The Bertz CT molecular complexity index is 382. The lowest BCUT2D eigenvalue weighted by Crippen LogP contribution is -2.32. The molecule has 2 heterocycles. The van der Waals surface area contributed by atoms with Gasteiger partial charge in [-0.3, -0.25) is 0 Å². The molecule has 0 radical (unpaired) electrons. The summed E-state index contributed by atoms with van der Waals surface area (Å²) in [7, 11) is 0. The second-order valence-electron chi connectivity index (χ2n) is 4.54. The summed E-state index contributed by atoms with van der Waals surface area (Å²) in [4.78, 5) is 0. The Morgan fingerprint density at radius 1 is 1.21 bits per heavy atom. The molecular weight excluding hydrogens is 176 g/mol. The van der Waals surface area contributed by atoms with Crippen LogP contribution in [0.15, 0.2) is 36.5 Å². The number of epoxide rings is 2. The fourth-order valence-corrected chi connectivity index (χ4v) is 2.53. The van der Waals surface area contributed by atoms with E-state index in [9.17, 15) is 0 Å². The summed E-state index contributed by atoms with van der Waals surface area (Å²) in [6.45, 7) is 12.0. The smallest absolute Gasteiger partial charge is 0.149 e. The van der Waals surface area contributed by atoms with Crippen LogP contribution < -0.4 is 0 Å². The van der Waals surface area contributed by atoms with Gasteiger partial charge in [-0.1, -0.05) is 19.2 Å². The number of rotatable bonds is 2. The van der Waals surface area contributed by atoms with Crippen molar-refractivity contribution in [3.05, 3.63) is 36.5 Å². The standard InChI is InChI=1S/C12H14O2/c1-7(2)11-6-5-9-12(13-9,8(3)4)10(11)14-11/h5-6,9-10H,1,3H2,2,4H3. The van der Waals surface area contributed by atoms with Crippen molar-refractivity contribution in [1.29, 1.82) is 0 Å². The molecule has 0 spiro atoms. The van der Waals surface area contributed by atoms with Crippen molar-refractivity contribution in [1.82, 2.24) is 0 Å². The fraction of sp³-hybridized carbons (Fsp3) is 0.500. The summed E-state index contributed by atoms with van der Waals surface area (Å²) in [5.41, 5.74) is 1.60. The molecule has 0 bridgehead atoms. The number of hydrogen-bond donors (Lipinski definition) is 0. The molecule has 4 atom stereocenters. The van der Waals surface area contributed by atoms with Gasteiger partial charge in [-0.05, 0) is 31.1 Å². The average molecular weight is 190 g/mol. The SMILES string of the molecule is C=C(C)C12C=CC3OC3(C(=C)C)C1O2. The van der Waals surface area contributed by atoms with Crippen LogP contribution in [0.25, 0.3) is 0 Å². The first kappa shape index (κ1) is 8.45. The summed E-state index contributed by atoms with van der Waals surface area (Å²) in [6, 6.07) is 0. The van der Waals surface area contributed by atoms with E-state index in [-0.39, 0.29) is 23.4 Å². The molecule has 2 aliphatic heterocycles. The largest absolute Gasteiger partial charge is 0.354 e. The van der Waals surface area contributed by atoms with E-state index in [1.807, 2.05) is 13.8 Å². The van der Waals surface area contributed by atoms with E-state index in [0.29, 0.717) is 0 Å². The molecule has 0 N–H and O–H groups in total. The molecule has 4 unspecified atom stereocenters. The fourth-order valence-electron chi connectivity index (χ4n) is 2.53. The summed E-state index contributed by atoms with van der Waals surface area (Å²) >= 11 is 0. The van der Waals surface area contributed by atoms with Crippen molar-refractivity contribution in [2.24, 2.45) is 0 Å². The number of fused-ring (bicyclic) bond motifs is 3. The Labute approximate surface area is 83.9 Å². The van der Waals surface area contributed by atoms with Gasteiger partial charge in [0, 0.05) is 0 Å². The van der Waals surface area contributed by atoms with Gasteiger partial charge < -0.3 is 9.47 Å². The van der Waals surface area contributed by atoms with Gasteiger partial charge in [0.15, 0.2) is 0 Å². The Balaban J connectivity index is 2.02. The van der Waals surface area contributed by atoms with Crippen molar-refractivity contribution in [2.75, 3.05) is 0 Å². The van der Waals surface area contributed by atoms with Crippen molar-refractivity contribution in [3.63, 3.8) is 0 Å². The summed E-state index contributed by atoms with van der Waals surface area (Å²) < 4.78 is 11.5. The van der Waals surface area contributed by atoms with Gasteiger partial charge in [0.1, 0.15) is 23.4 Å². The van der Waals surface area contributed by atoms with Crippen LogP contribution in [0.2, 0.25) is 0 Å². The van der Waals surface area contributed by atoms with Gasteiger partial charge in [0.05, 0.1) is 0 Å². The highest BCUT2D eigenvalue weighted by atomic mass is 16.7. The highest BCUT2D eigenvalue weighted by Gasteiger charge is 2.78. The second kappa shape index (κ2) is 2.05. The molecule has 3 rings (SSSR count).